The topological polar surface area (TPSA) is 255 Å². The smallest absolute Gasteiger partial charge is 0.147 e. The van der Waals surface area contributed by atoms with Crippen molar-refractivity contribution >= 4 is 88.4 Å². The monoisotopic (exact) mass is 1420 g/mol. The van der Waals surface area contributed by atoms with Crippen LogP contribution in [0.3, 0.4) is 0 Å². The molecule has 3 aliphatic carbocycles. The molecular weight excluding hydrogens is 1340 g/mol. The van der Waals surface area contributed by atoms with Crippen LogP contribution < -0.4 is 26.2 Å². The average molecular weight is 1430 g/mol. The van der Waals surface area contributed by atoms with Crippen LogP contribution in [0.4, 0.5) is 29.1 Å². The van der Waals surface area contributed by atoms with Gasteiger partial charge >= 0.3 is 0 Å². The molecular formula is C68H84Br3N17O3. The summed E-state index contributed by atoms with van der Waals surface area (Å²) in [5.41, 5.74) is 19.0. The highest BCUT2D eigenvalue weighted by molar-refractivity contribution is 9.11. The first kappa shape index (κ1) is 70.6. The molecule has 0 bridgehead atoms. The largest absolute Gasteiger partial charge is 0.397 e. The number of fused-ring (bicyclic) bond motifs is 3. The number of anilines is 5. The van der Waals surface area contributed by atoms with Gasteiger partial charge in [-0.1, -0.05) is 39.1 Å². The van der Waals surface area contributed by atoms with Gasteiger partial charge in [0.2, 0.25) is 0 Å². The molecule has 12 heterocycles. The first-order chi connectivity index (χ1) is 42.8. The number of nitrogens with zero attached hydrogens (tertiary/aromatic N) is 15. The summed E-state index contributed by atoms with van der Waals surface area (Å²) in [5, 5.41) is 7.57. The van der Waals surface area contributed by atoms with E-state index in [1.807, 2.05) is 85.5 Å². The maximum absolute atomic E-state index is 10.0. The molecule has 0 spiro atoms. The highest BCUT2D eigenvalue weighted by atomic mass is 79.9. The molecule has 0 aromatic carbocycles. The number of piperidine rings is 3. The lowest BCUT2D eigenvalue weighted by atomic mass is 10.2. The van der Waals surface area contributed by atoms with Gasteiger partial charge in [0, 0.05) is 68.7 Å². The fraction of sp³-hybridized carbons (Fsp3) is 0.382. The van der Waals surface area contributed by atoms with E-state index < -0.39 is 0 Å². The van der Waals surface area contributed by atoms with Crippen LogP contribution in [0.15, 0.2) is 148 Å². The number of hydrogen-bond donors (Lipinski definition) is 3. The fourth-order valence-electron chi connectivity index (χ4n) is 11.1. The van der Waals surface area contributed by atoms with Crippen molar-refractivity contribution in [3.05, 3.63) is 171 Å². The number of ketones is 2. The van der Waals surface area contributed by atoms with Gasteiger partial charge in [-0.05, 0) is 224 Å². The molecule has 9 aromatic heterocycles. The normalized spacial score (nSPS) is 18.6. The zero-order valence-electron chi connectivity index (χ0n) is 51.2. The van der Waals surface area contributed by atoms with Crippen LogP contribution in [0.25, 0.3) is 34.4 Å². The van der Waals surface area contributed by atoms with E-state index in [2.05, 4.69) is 168 Å². The lowest BCUT2D eigenvalue weighted by Crippen LogP contribution is -2.22. The summed E-state index contributed by atoms with van der Waals surface area (Å²) in [5.74, 6) is 11.3. The Bertz CT molecular complexity index is 3710. The number of nitrogen functional groups attached to an aromatic ring is 2. The van der Waals surface area contributed by atoms with Gasteiger partial charge in [-0.2, -0.15) is 0 Å². The summed E-state index contributed by atoms with van der Waals surface area (Å²) in [6.07, 6.45) is 15.3. The van der Waals surface area contributed by atoms with Crippen molar-refractivity contribution in [1.82, 2.24) is 59.0 Å². The third-order valence-electron chi connectivity index (χ3n) is 15.8. The number of aliphatic hydroxyl groups excluding tert-OH is 1. The number of aliphatic hydroxyl groups is 1. The molecule has 0 radical (unpaired) electrons. The van der Waals surface area contributed by atoms with Gasteiger partial charge in [-0.15, -0.1) is 0 Å². The van der Waals surface area contributed by atoms with Crippen LogP contribution in [0.2, 0.25) is 0 Å². The molecule has 6 unspecified atom stereocenters. The van der Waals surface area contributed by atoms with E-state index in [1.165, 1.54) is 69.0 Å². The maximum Gasteiger partial charge on any atom is 0.147 e. The summed E-state index contributed by atoms with van der Waals surface area (Å²) in [6, 6.07) is 31.3. The van der Waals surface area contributed by atoms with Crippen molar-refractivity contribution in [2.45, 2.75) is 89.0 Å². The molecule has 3 aliphatic heterocycles. The summed E-state index contributed by atoms with van der Waals surface area (Å²) >= 11 is 9.83. The molecule has 15 rings (SSSR count). The second-order valence-corrected chi connectivity index (χ2v) is 25.5. The minimum Gasteiger partial charge on any atom is -0.397 e. The third kappa shape index (κ3) is 20.1. The van der Waals surface area contributed by atoms with Gasteiger partial charge in [0.1, 0.15) is 77.5 Å². The lowest BCUT2D eigenvalue weighted by molar-refractivity contribution is -0.124. The van der Waals surface area contributed by atoms with E-state index in [0.29, 0.717) is 11.6 Å². The Morgan fingerprint density at radius 2 is 0.769 bits per heavy atom. The van der Waals surface area contributed by atoms with Gasteiger partial charge in [-0.25, -0.2) is 49.8 Å². The zero-order chi connectivity index (χ0) is 63.3. The Labute approximate surface area is 560 Å². The molecule has 20 nitrogen and oxygen atoms in total. The number of rotatable bonds is 9. The van der Waals surface area contributed by atoms with E-state index in [9.17, 15) is 9.59 Å². The van der Waals surface area contributed by atoms with Crippen molar-refractivity contribution in [3.63, 3.8) is 0 Å². The Morgan fingerprint density at radius 3 is 1.09 bits per heavy atom. The molecule has 3 saturated carbocycles. The minimum absolute atomic E-state index is 0. The minimum atomic E-state index is -0.0625. The first-order valence-corrected chi connectivity index (χ1v) is 32.2. The quantitative estimate of drug-likeness (QED) is 0.0896. The number of carbonyl (C=O) groups is 2. The highest BCUT2D eigenvalue weighted by Gasteiger charge is 2.47. The summed E-state index contributed by atoms with van der Waals surface area (Å²) in [7, 11) is 0. The van der Waals surface area contributed by atoms with Crippen molar-refractivity contribution in [3.8, 4) is 34.4 Å². The van der Waals surface area contributed by atoms with Gasteiger partial charge < -0.3 is 40.4 Å². The molecule has 91 heavy (non-hydrogen) atoms. The van der Waals surface area contributed by atoms with Crippen LogP contribution in [-0.4, -0.2) is 122 Å². The molecule has 6 aliphatic rings. The van der Waals surface area contributed by atoms with Crippen LogP contribution in [-0.2, 0) is 9.59 Å². The van der Waals surface area contributed by atoms with E-state index in [-0.39, 0.29) is 39.4 Å². The average Bonchev–Trinajstić information content (AvgIpc) is 1.72. The van der Waals surface area contributed by atoms with Gasteiger partial charge in [-0.3, -0.25) is 9.59 Å². The Morgan fingerprint density at radius 1 is 0.429 bits per heavy atom. The summed E-state index contributed by atoms with van der Waals surface area (Å²) in [6.45, 7) is 20.0. The number of aryl methyl sites for hydroxylation is 4. The van der Waals surface area contributed by atoms with E-state index in [1.54, 1.807) is 31.5 Å². The molecule has 3 saturated heterocycles. The number of halogens is 3. The first-order valence-electron chi connectivity index (χ1n) is 29.8. The van der Waals surface area contributed by atoms with Crippen LogP contribution in [0.5, 0.6) is 0 Å². The second-order valence-electron chi connectivity index (χ2n) is 23.0. The van der Waals surface area contributed by atoms with Crippen LogP contribution >= 0.6 is 47.8 Å². The molecule has 5 N–H and O–H groups in total. The summed E-state index contributed by atoms with van der Waals surface area (Å²) < 4.78 is 6.73. The van der Waals surface area contributed by atoms with Crippen LogP contribution in [0.1, 0.15) is 84.1 Å². The second kappa shape index (κ2) is 32.9. The number of aromatic nitrogens is 12. The Balaban J connectivity index is 0.000000160. The highest BCUT2D eigenvalue weighted by Crippen LogP contribution is 2.47. The lowest BCUT2D eigenvalue weighted by Gasteiger charge is -2.18. The molecule has 6 atom stereocenters. The number of hydrogen-bond acceptors (Lipinski definition) is 18. The van der Waals surface area contributed by atoms with E-state index in [4.69, 9.17) is 21.6 Å². The maximum atomic E-state index is 10.0. The Hall–Kier alpha value is -7.86. The van der Waals surface area contributed by atoms with Crippen molar-refractivity contribution in [2.75, 3.05) is 72.0 Å². The SMILES string of the molecule is Brc1cnc(N2CC3CC3C2)cn1.C.C.CC(=O)CC(C)=O.CCO.Cc1ccc(C)n1-c1cccc(-c2cnc(N3CC4CC4C3)cn2)n1.Cc1ccc(C)n1-c1cccc(Br)n1.Nc1cccc(-c2cnc(N3CC4CC4C3)cn2)n1.Nc1cccc(Br)n1. The number of pyridine rings is 4. The Kier molecular flexibility index (Phi) is 25.5. The number of carbonyl (C=O) groups excluding carboxylic acids is 2. The van der Waals surface area contributed by atoms with Crippen LogP contribution in [0, 0.1) is 63.2 Å². The van der Waals surface area contributed by atoms with Crippen molar-refractivity contribution < 1.29 is 14.7 Å². The standard InChI is InChI=1S/C20H21N5.C14H15N5.C11H11BrN2.C9H10BrN3.C5H5BrN2.C5H8O2.C2H6O.2CH4/c1-13-6-7-14(2)25(13)19-5-3-4-17(23-19)18-9-22-20(10-21-18)24-11-15-8-16(15)12-24;15-13-3-1-2-11(18-13)12-5-17-14(6-16-12)19-7-9-4-10(9)8-19;1-8-6-7-9(2)14(8)11-5-3-4-10(12)13-11;10-8-2-12-9(3-11-8)13-4-6-1-7(6)5-13;6-4-2-1-3-5(7)8-4;1-4(6)3-5(2)7;1-2-3;;/h3-7,9-10,15-16H,8,11-12H2,1-2H3;1-3,5-6,9-10H,4,7-8H2,(H2,15,18);3-7H,1-2H3;2-3,6-7H,1,4-5H2;1-3H,(H2,7,8);3H2,1-2H3;3H,2H2,1H3;2*1H4. The molecule has 23 heteroatoms. The van der Waals surface area contributed by atoms with Gasteiger partial charge in [0.25, 0.3) is 0 Å². The molecule has 9 aromatic rings. The van der Waals surface area contributed by atoms with Crippen molar-refractivity contribution in [1.29, 1.82) is 0 Å². The van der Waals surface area contributed by atoms with Gasteiger partial charge in [0.15, 0.2) is 0 Å². The predicted octanol–water partition coefficient (Wildman–Crippen LogP) is 13.2. The molecule has 6 fully saturated rings. The predicted molar refractivity (Wildman–Crippen MR) is 374 cm³/mol. The van der Waals surface area contributed by atoms with Crippen molar-refractivity contribution in [2.24, 2.45) is 35.5 Å². The number of Topliss-reactive ketones (excluding diaryl/α,β-unsaturated/α-hetero) is 2. The van der Waals surface area contributed by atoms with Gasteiger partial charge in [0.05, 0.1) is 55.0 Å². The molecule has 0 amide bonds. The fourth-order valence-corrected chi connectivity index (χ4v) is 12.0. The summed E-state index contributed by atoms with van der Waals surface area (Å²) in [4.78, 5) is 71.1. The van der Waals surface area contributed by atoms with E-state index >= 15 is 0 Å². The molecule has 480 valence electrons. The third-order valence-corrected chi connectivity index (χ3v) is 17.0. The van der Waals surface area contributed by atoms with E-state index in [0.717, 1.165) is 127 Å². The number of nitrogens with two attached hydrogens (primary N) is 2. The zero-order valence-corrected chi connectivity index (χ0v) is 56.0.